The van der Waals surface area contributed by atoms with E-state index in [2.05, 4.69) is 21.4 Å². The Bertz CT molecular complexity index is 1700. The largest absolute Gasteiger partial charge is 0.486 e. The summed E-state index contributed by atoms with van der Waals surface area (Å²) in [6.07, 6.45) is 3.64. The molecule has 0 saturated carbocycles. The highest BCUT2D eigenvalue weighted by molar-refractivity contribution is 7.20. The lowest BCUT2D eigenvalue weighted by molar-refractivity contribution is 0.132. The molecule has 226 valence electrons. The topological polar surface area (TPSA) is 89.4 Å². The number of aliphatic hydroxyl groups is 1. The number of rotatable bonds is 12. The van der Waals surface area contributed by atoms with Gasteiger partial charge in [0.25, 0.3) is 5.19 Å². The molecular formula is C34H39FN4O3S. The van der Waals surface area contributed by atoms with Crippen LogP contribution in [0.5, 0.6) is 10.9 Å². The summed E-state index contributed by atoms with van der Waals surface area (Å²) in [5.41, 5.74) is 4.27. The Morgan fingerprint density at radius 1 is 1.00 bits per heavy atom. The molecular weight excluding hydrogens is 563 g/mol. The Morgan fingerprint density at radius 2 is 1.84 bits per heavy atom. The van der Waals surface area contributed by atoms with Crippen LogP contribution in [0.2, 0.25) is 0 Å². The van der Waals surface area contributed by atoms with Crippen LogP contribution in [0.4, 0.5) is 4.39 Å². The second kappa shape index (κ2) is 13.3. The average Bonchev–Trinajstić information content (AvgIpc) is 3.37. The Kier molecular flexibility index (Phi) is 9.54. The van der Waals surface area contributed by atoms with Gasteiger partial charge in [-0.05, 0) is 90.8 Å². The van der Waals surface area contributed by atoms with E-state index in [0.717, 1.165) is 58.2 Å². The molecule has 9 heteroatoms. The number of nitrogens with zero attached hydrogens (tertiary/aromatic N) is 3. The number of unbranched alkanes of at least 4 members (excludes halogenated alkanes) is 1. The van der Waals surface area contributed by atoms with Crippen LogP contribution in [-0.2, 0) is 6.42 Å². The van der Waals surface area contributed by atoms with Crippen molar-refractivity contribution in [3.8, 4) is 22.2 Å². The first-order valence-electron chi connectivity index (χ1n) is 14.8. The van der Waals surface area contributed by atoms with Crippen LogP contribution in [0, 0.1) is 5.82 Å². The molecule has 0 aliphatic carbocycles. The lowest BCUT2D eigenvalue weighted by Crippen LogP contribution is -2.24. The monoisotopic (exact) mass is 602 g/mol. The van der Waals surface area contributed by atoms with Crippen molar-refractivity contribution in [2.75, 3.05) is 13.1 Å². The molecule has 3 heterocycles. The number of thiazole rings is 1. The van der Waals surface area contributed by atoms with E-state index in [-0.39, 0.29) is 17.5 Å². The molecule has 0 spiro atoms. The zero-order valence-corrected chi connectivity index (χ0v) is 26.2. The van der Waals surface area contributed by atoms with Gasteiger partial charge in [-0.3, -0.25) is 9.97 Å². The molecule has 0 fully saturated rings. The fourth-order valence-corrected chi connectivity index (χ4v) is 6.04. The number of halogens is 1. The average molecular weight is 603 g/mol. The molecule has 0 unspecified atom stereocenters. The van der Waals surface area contributed by atoms with Gasteiger partial charge in [0.15, 0.2) is 0 Å². The smallest absolute Gasteiger partial charge is 0.274 e. The van der Waals surface area contributed by atoms with Crippen molar-refractivity contribution in [2.45, 2.75) is 71.7 Å². The Balaban J connectivity index is 1.20. The number of aliphatic hydroxyl groups excluding tert-OH is 1. The van der Waals surface area contributed by atoms with Gasteiger partial charge in [0.1, 0.15) is 22.7 Å². The van der Waals surface area contributed by atoms with E-state index in [1.807, 2.05) is 65.0 Å². The van der Waals surface area contributed by atoms with E-state index in [1.165, 1.54) is 23.5 Å². The van der Waals surface area contributed by atoms with Crippen LogP contribution < -0.4 is 14.8 Å². The van der Waals surface area contributed by atoms with Crippen LogP contribution >= 0.6 is 11.3 Å². The molecule has 0 bridgehead atoms. The number of nitrogens with one attached hydrogen (secondary N) is 1. The highest BCUT2D eigenvalue weighted by atomic mass is 32.1. The van der Waals surface area contributed by atoms with E-state index >= 15 is 0 Å². The van der Waals surface area contributed by atoms with Crippen molar-refractivity contribution in [3.05, 3.63) is 77.9 Å². The van der Waals surface area contributed by atoms with Gasteiger partial charge in [-0.15, -0.1) is 0 Å². The SMILES string of the molecule is CC(C)Oc1nc2c(OC(C)(C)C)ccc([C@@H](O)CNCCCCc3cc4cccnc4c(-c4cccc(F)c4)n3)c2s1. The summed E-state index contributed by atoms with van der Waals surface area (Å²) in [4.78, 5) is 14.1. The van der Waals surface area contributed by atoms with E-state index in [1.54, 1.807) is 12.3 Å². The molecule has 0 aliphatic rings. The molecule has 7 nitrogen and oxygen atoms in total. The molecule has 0 aliphatic heterocycles. The number of ether oxygens (including phenoxy) is 2. The summed E-state index contributed by atoms with van der Waals surface area (Å²) in [6.45, 7) is 11.1. The first-order valence-corrected chi connectivity index (χ1v) is 15.6. The van der Waals surface area contributed by atoms with Crippen molar-refractivity contribution in [1.82, 2.24) is 20.3 Å². The van der Waals surface area contributed by atoms with E-state index in [4.69, 9.17) is 14.5 Å². The fourth-order valence-electron chi connectivity index (χ4n) is 4.92. The third kappa shape index (κ3) is 7.84. The minimum Gasteiger partial charge on any atom is -0.486 e. The summed E-state index contributed by atoms with van der Waals surface area (Å²) in [6, 6.07) is 16.3. The molecule has 1 atom stereocenters. The summed E-state index contributed by atoms with van der Waals surface area (Å²) >= 11 is 1.43. The number of hydrogen-bond acceptors (Lipinski definition) is 8. The van der Waals surface area contributed by atoms with Crippen molar-refractivity contribution < 1.29 is 19.0 Å². The van der Waals surface area contributed by atoms with E-state index in [0.29, 0.717) is 28.7 Å². The lowest BCUT2D eigenvalue weighted by Gasteiger charge is -2.22. The van der Waals surface area contributed by atoms with Crippen molar-refractivity contribution in [3.63, 3.8) is 0 Å². The Morgan fingerprint density at radius 3 is 2.60 bits per heavy atom. The third-order valence-corrected chi connectivity index (χ3v) is 7.74. The van der Waals surface area contributed by atoms with Gasteiger partial charge in [-0.25, -0.2) is 4.39 Å². The maximum Gasteiger partial charge on any atom is 0.274 e. The molecule has 5 aromatic rings. The standard InChI is InChI=1S/C34H39FN4O3S/c1-21(2)41-33-39-31-28(42-34(3,4)5)15-14-26(32(31)43-33)27(40)20-36-16-7-6-13-25-19-23-11-9-17-37-29(23)30(38-25)22-10-8-12-24(35)18-22/h8-12,14-15,17-19,21,27,36,40H,6-7,13,16,20H2,1-5H3/t27-/m0/s1. The van der Waals surface area contributed by atoms with Gasteiger partial charge in [0.2, 0.25) is 0 Å². The van der Waals surface area contributed by atoms with Crippen molar-refractivity contribution >= 4 is 32.5 Å². The summed E-state index contributed by atoms with van der Waals surface area (Å²) < 4.78 is 26.9. The van der Waals surface area contributed by atoms with Crippen molar-refractivity contribution in [2.24, 2.45) is 0 Å². The van der Waals surface area contributed by atoms with E-state index in [9.17, 15) is 9.50 Å². The summed E-state index contributed by atoms with van der Waals surface area (Å²) in [5, 5.41) is 16.1. The van der Waals surface area contributed by atoms with Crippen LogP contribution in [0.25, 0.3) is 32.4 Å². The lowest BCUT2D eigenvalue weighted by atomic mass is 10.0. The second-order valence-electron chi connectivity index (χ2n) is 11.9. The zero-order chi connectivity index (χ0) is 30.6. The normalized spacial score (nSPS) is 12.7. The number of aromatic nitrogens is 3. The molecule has 0 saturated heterocycles. The Labute approximate surface area is 256 Å². The maximum atomic E-state index is 14.0. The van der Waals surface area contributed by atoms with E-state index < -0.39 is 6.10 Å². The molecule has 0 amide bonds. The highest BCUT2D eigenvalue weighted by Gasteiger charge is 2.22. The minimum atomic E-state index is -0.706. The predicted octanol–water partition coefficient (Wildman–Crippen LogP) is 7.66. The van der Waals surface area contributed by atoms with Crippen LogP contribution in [-0.4, -0.2) is 44.9 Å². The van der Waals surface area contributed by atoms with Crippen LogP contribution in [0.1, 0.15) is 64.8 Å². The number of aryl methyl sites for hydroxylation is 1. The van der Waals surface area contributed by atoms with Gasteiger partial charge in [-0.2, -0.15) is 4.98 Å². The van der Waals surface area contributed by atoms with Gasteiger partial charge >= 0.3 is 0 Å². The number of fused-ring (bicyclic) bond motifs is 2. The molecule has 2 aromatic carbocycles. The quantitative estimate of drug-likeness (QED) is 0.142. The maximum absolute atomic E-state index is 14.0. The number of hydrogen-bond donors (Lipinski definition) is 2. The van der Waals surface area contributed by atoms with Gasteiger partial charge in [-0.1, -0.05) is 35.6 Å². The first kappa shape index (κ1) is 30.8. The Hall–Kier alpha value is -3.66. The molecule has 0 radical (unpaired) electrons. The molecule has 3 aromatic heterocycles. The van der Waals surface area contributed by atoms with Crippen LogP contribution in [0.15, 0.2) is 60.8 Å². The van der Waals surface area contributed by atoms with Gasteiger partial charge in [0, 0.05) is 34.9 Å². The zero-order valence-electron chi connectivity index (χ0n) is 25.4. The first-order chi connectivity index (χ1) is 20.6. The molecule has 43 heavy (non-hydrogen) atoms. The summed E-state index contributed by atoms with van der Waals surface area (Å²) in [7, 11) is 0. The summed E-state index contributed by atoms with van der Waals surface area (Å²) in [5.74, 6) is 0.386. The van der Waals surface area contributed by atoms with Crippen molar-refractivity contribution in [1.29, 1.82) is 0 Å². The third-order valence-electron chi connectivity index (χ3n) is 6.74. The second-order valence-corrected chi connectivity index (χ2v) is 12.9. The molecule has 2 N–H and O–H groups in total. The van der Waals surface area contributed by atoms with Crippen LogP contribution in [0.3, 0.4) is 0 Å². The fraction of sp³-hybridized carbons (Fsp3) is 0.382. The predicted molar refractivity (Wildman–Crippen MR) is 171 cm³/mol. The van der Waals surface area contributed by atoms with Gasteiger partial charge in [0.05, 0.1) is 28.1 Å². The highest BCUT2D eigenvalue weighted by Crippen LogP contribution is 2.40. The van der Waals surface area contributed by atoms with Gasteiger partial charge < -0.3 is 19.9 Å². The number of pyridine rings is 2. The molecule has 5 rings (SSSR count). The number of benzene rings is 2. The minimum absolute atomic E-state index is 0.00279.